The van der Waals surface area contributed by atoms with Gasteiger partial charge in [-0.2, -0.15) is 0 Å². The molecule has 0 saturated heterocycles. The van der Waals surface area contributed by atoms with Gasteiger partial charge in [-0.25, -0.2) is 4.79 Å². The highest BCUT2D eigenvalue weighted by atomic mass is 16.4. The van der Waals surface area contributed by atoms with E-state index in [-0.39, 0.29) is 0 Å². The average Bonchev–Trinajstić information content (AvgIpc) is 2.41. The lowest BCUT2D eigenvalue weighted by Crippen LogP contribution is -2.04. The highest BCUT2D eigenvalue weighted by Crippen LogP contribution is 2.22. The van der Waals surface area contributed by atoms with Gasteiger partial charge in [0.15, 0.2) is 0 Å². The van der Waals surface area contributed by atoms with Crippen molar-refractivity contribution >= 4 is 12.0 Å². The van der Waals surface area contributed by atoms with Crippen LogP contribution in [0.3, 0.4) is 0 Å². The van der Waals surface area contributed by atoms with E-state index in [9.17, 15) is 4.79 Å². The van der Waals surface area contributed by atoms with E-state index in [1.54, 1.807) is 12.1 Å². The Morgan fingerprint density at radius 1 is 1.21 bits per heavy atom. The molecule has 19 heavy (non-hydrogen) atoms. The van der Waals surface area contributed by atoms with Crippen LogP contribution in [-0.4, -0.2) is 11.1 Å². The number of hydrogen-bond donors (Lipinski definition) is 1. The quantitative estimate of drug-likeness (QED) is 0.895. The highest BCUT2D eigenvalue weighted by molar-refractivity contribution is 5.92. The zero-order valence-corrected chi connectivity index (χ0v) is 10.9. The van der Waals surface area contributed by atoms with Crippen molar-refractivity contribution < 1.29 is 9.90 Å². The van der Waals surface area contributed by atoms with Gasteiger partial charge in [-0.05, 0) is 41.7 Å². The van der Waals surface area contributed by atoms with E-state index in [0.29, 0.717) is 11.1 Å². The predicted molar refractivity (Wildman–Crippen MR) is 77.5 cm³/mol. The van der Waals surface area contributed by atoms with Crippen LogP contribution in [0, 0.1) is 6.92 Å². The maximum Gasteiger partial charge on any atom is 0.336 e. The Balaban J connectivity index is 2.43. The number of carboxylic acids is 1. The molecule has 2 heteroatoms. The van der Waals surface area contributed by atoms with E-state index >= 15 is 0 Å². The SMILES string of the molecule is C=Cc1c(C(=O)O)ccc(Cc2ccccc2)c1C. The molecule has 2 aromatic rings. The molecule has 0 aromatic heterocycles. The van der Waals surface area contributed by atoms with E-state index in [2.05, 4.69) is 18.7 Å². The molecule has 1 N–H and O–H groups in total. The van der Waals surface area contributed by atoms with E-state index in [1.807, 2.05) is 31.2 Å². The second-order valence-electron chi connectivity index (χ2n) is 4.48. The molecule has 0 radical (unpaired) electrons. The third-order valence-electron chi connectivity index (χ3n) is 3.30. The molecule has 0 amide bonds. The minimum atomic E-state index is -0.913. The second kappa shape index (κ2) is 5.53. The first-order valence-corrected chi connectivity index (χ1v) is 6.15. The fourth-order valence-electron chi connectivity index (χ4n) is 2.23. The van der Waals surface area contributed by atoms with Crippen molar-refractivity contribution in [2.24, 2.45) is 0 Å². The van der Waals surface area contributed by atoms with Crippen molar-refractivity contribution in [3.8, 4) is 0 Å². The zero-order chi connectivity index (χ0) is 13.8. The smallest absolute Gasteiger partial charge is 0.336 e. The minimum Gasteiger partial charge on any atom is -0.478 e. The number of benzene rings is 2. The van der Waals surface area contributed by atoms with E-state index < -0.39 is 5.97 Å². The summed E-state index contributed by atoms with van der Waals surface area (Å²) in [6, 6.07) is 13.7. The van der Waals surface area contributed by atoms with Gasteiger partial charge in [-0.15, -0.1) is 0 Å². The van der Waals surface area contributed by atoms with Crippen LogP contribution in [0.5, 0.6) is 0 Å². The summed E-state index contributed by atoms with van der Waals surface area (Å²) in [5.41, 5.74) is 4.35. The van der Waals surface area contributed by atoms with Crippen LogP contribution >= 0.6 is 0 Å². The topological polar surface area (TPSA) is 37.3 Å². The number of carbonyl (C=O) groups is 1. The first kappa shape index (κ1) is 13.1. The fourth-order valence-corrected chi connectivity index (χ4v) is 2.23. The second-order valence-corrected chi connectivity index (χ2v) is 4.48. The molecule has 2 aromatic carbocycles. The predicted octanol–water partition coefficient (Wildman–Crippen LogP) is 3.93. The number of rotatable bonds is 4. The normalized spacial score (nSPS) is 10.2. The first-order valence-electron chi connectivity index (χ1n) is 6.15. The van der Waals surface area contributed by atoms with Crippen LogP contribution in [0.1, 0.15) is 32.6 Å². The van der Waals surface area contributed by atoms with Crippen LogP contribution < -0.4 is 0 Å². The van der Waals surface area contributed by atoms with Crippen molar-refractivity contribution in [2.45, 2.75) is 13.3 Å². The molecule has 2 nitrogen and oxygen atoms in total. The lowest BCUT2D eigenvalue weighted by atomic mass is 9.93. The standard InChI is InChI=1S/C17H16O2/c1-3-15-12(2)14(9-10-16(15)17(18)19)11-13-7-5-4-6-8-13/h3-10H,1,11H2,2H3,(H,18,19). The maximum absolute atomic E-state index is 11.2. The molecule has 0 fully saturated rings. The van der Waals surface area contributed by atoms with Crippen LogP contribution in [-0.2, 0) is 6.42 Å². The largest absolute Gasteiger partial charge is 0.478 e. The van der Waals surface area contributed by atoms with Gasteiger partial charge in [0.2, 0.25) is 0 Å². The lowest BCUT2D eigenvalue weighted by Gasteiger charge is -2.11. The molecule has 96 valence electrons. The number of carboxylic acid groups (broad SMARTS) is 1. The monoisotopic (exact) mass is 252 g/mol. The van der Waals surface area contributed by atoms with Crippen molar-refractivity contribution in [3.63, 3.8) is 0 Å². The maximum atomic E-state index is 11.2. The molecule has 0 spiro atoms. The van der Waals surface area contributed by atoms with Gasteiger partial charge in [0.1, 0.15) is 0 Å². The van der Waals surface area contributed by atoms with E-state index in [0.717, 1.165) is 17.5 Å². The van der Waals surface area contributed by atoms with Gasteiger partial charge < -0.3 is 5.11 Å². The summed E-state index contributed by atoms with van der Waals surface area (Å²) in [5.74, 6) is -0.913. The molecule has 0 aliphatic carbocycles. The summed E-state index contributed by atoms with van der Waals surface area (Å²) < 4.78 is 0. The van der Waals surface area contributed by atoms with Crippen LogP contribution in [0.25, 0.3) is 6.08 Å². The molecular formula is C17H16O2. The van der Waals surface area contributed by atoms with Gasteiger partial charge in [0, 0.05) is 0 Å². The highest BCUT2D eigenvalue weighted by Gasteiger charge is 2.12. The molecule has 0 saturated carbocycles. The summed E-state index contributed by atoms with van der Waals surface area (Å²) in [6.45, 7) is 5.67. The van der Waals surface area contributed by atoms with Gasteiger partial charge in [0.05, 0.1) is 5.56 Å². The molecule has 0 unspecified atom stereocenters. The van der Waals surface area contributed by atoms with Gasteiger partial charge in [-0.3, -0.25) is 0 Å². The average molecular weight is 252 g/mol. The van der Waals surface area contributed by atoms with Crippen molar-refractivity contribution in [1.82, 2.24) is 0 Å². The van der Waals surface area contributed by atoms with Crippen molar-refractivity contribution in [3.05, 3.63) is 76.9 Å². The summed E-state index contributed by atoms with van der Waals surface area (Å²) in [7, 11) is 0. The summed E-state index contributed by atoms with van der Waals surface area (Å²) in [4.78, 5) is 11.2. The summed E-state index contributed by atoms with van der Waals surface area (Å²) >= 11 is 0. The molecular weight excluding hydrogens is 236 g/mol. The Morgan fingerprint density at radius 3 is 2.47 bits per heavy atom. The first-order chi connectivity index (χ1) is 9.13. The molecule has 0 aliphatic heterocycles. The van der Waals surface area contributed by atoms with Crippen LogP contribution in [0.2, 0.25) is 0 Å². The molecule has 2 rings (SSSR count). The minimum absolute atomic E-state index is 0.310. The number of hydrogen-bond acceptors (Lipinski definition) is 1. The summed E-state index contributed by atoms with van der Waals surface area (Å²) in [6.07, 6.45) is 2.42. The Bertz CT molecular complexity index is 613. The third-order valence-corrected chi connectivity index (χ3v) is 3.30. The third kappa shape index (κ3) is 2.74. The Hall–Kier alpha value is -2.35. The van der Waals surface area contributed by atoms with E-state index in [1.165, 1.54) is 5.56 Å². The van der Waals surface area contributed by atoms with Crippen molar-refractivity contribution in [2.75, 3.05) is 0 Å². The zero-order valence-electron chi connectivity index (χ0n) is 10.9. The number of aromatic carboxylic acids is 1. The Kier molecular flexibility index (Phi) is 3.81. The van der Waals surface area contributed by atoms with Gasteiger partial charge in [0.25, 0.3) is 0 Å². The molecule has 0 bridgehead atoms. The van der Waals surface area contributed by atoms with Crippen LogP contribution in [0.4, 0.5) is 0 Å². The molecule has 0 heterocycles. The Morgan fingerprint density at radius 2 is 1.89 bits per heavy atom. The molecule has 0 aliphatic rings. The lowest BCUT2D eigenvalue weighted by molar-refractivity contribution is 0.0696. The molecule has 0 atom stereocenters. The van der Waals surface area contributed by atoms with Gasteiger partial charge >= 0.3 is 5.97 Å². The fraction of sp³-hybridized carbons (Fsp3) is 0.118. The van der Waals surface area contributed by atoms with Crippen molar-refractivity contribution in [1.29, 1.82) is 0 Å². The van der Waals surface area contributed by atoms with Gasteiger partial charge in [-0.1, -0.05) is 49.1 Å². The summed E-state index contributed by atoms with van der Waals surface area (Å²) in [5, 5.41) is 9.15. The van der Waals surface area contributed by atoms with E-state index in [4.69, 9.17) is 5.11 Å². The Labute approximate surface area is 113 Å². The van der Waals surface area contributed by atoms with Crippen LogP contribution in [0.15, 0.2) is 49.0 Å².